The molecule has 0 radical (unpaired) electrons. The quantitative estimate of drug-likeness (QED) is 0.715. The number of carbonyl (C=O) groups excluding carboxylic acids is 1. The van der Waals surface area contributed by atoms with E-state index in [0.717, 1.165) is 39.0 Å². The lowest BCUT2D eigenvalue weighted by Crippen LogP contribution is -2.14. The largest absolute Gasteiger partial charge is 0.326 e. The van der Waals surface area contributed by atoms with Crippen LogP contribution in [0.5, 0.6) is 0 Å². The number of nitrogens with zero attached hydrogens (tertiary/aromatic N) is 2. The van der Waals surface area contributed by atoms with Gasteiger partial charge in [0.2, 0.25) is 5.91 Å². The Labute approximate surface area is 151 Å². The molecule has 2 heterocycles. The van der Waals surface area contributed by atoms with E-state index in [-0.39, 0.29) is 12.3 Å². The zero-order chi connectivity index (χ0) is 17.8. The zero-order valence-electron chi connectivity index (χ0n) is 14.5. The van der Waals surface area contributed by atoms with Gasteiger partial charge in [0.15, 0.2) is 5.13 Å². The minimum atomic E-state index is -0.0736. The number of pyridine rings is 1. The first-order valence-corrected chi connectivity index (χ1v) is 8.88. The van der Waals surface area contributed by atoms with Gasteiger partial charge in [-0.3, -0.25) is 4.79 Å². The molecule has 2 aromatic heterocycles. The van der Waals surface area contributed by atoms with Crippen LogP contribution in [0.25, 0.3) is 0 Å². The number of benzene rings is 1. The van der Waals surface area contributed by atoms with Crippen molar-refractivity contribution in [1.29, 1.82) is 0 Å². The number of aromatic nitrogens is 2. The van der Waals surface area contributed by atoms with Crippen molar-refractivity contribution in [2.24, 2.45) is 0 Å². The monoisotopic (exact) mass is 352 g/mol. The lowest BCUT2D eigenvalue weighted by atomic mass is 10.1. The Morgan fingerprint density at radius 3 is 2.56 bits per heavy atom. The lowest BCUT2D eigenvalue weighted by molar-refractivity contribution is -0.115. The van der Waals surface area contributed by atoms with Crippen molar-refractivity contribution in [1.82, 2.24) is 9.97 Å². The SMILES string of the molecule is Cc1cc(C)cc(NC(=O)Cc2csc(Nc3cc(C)ccn3)n2)c1. The molecular formula is C19H20N4OS. The summed E-state index contributed by atoms with van der Waals surface area (Å²) in [6.45, 7) is 6.04. The van der Waals surface area contributed by atoms with Crippen molar-refractivity contribution in [3.63, 3.8) is 0 Å². The topological polar surface area (TPSA) is 66.9 Å². The third-order valence-electron chi connectivity index (χ3n) is 3.55. The number of hydrogen-bond acceptors (Lipinski definition) is 5. The van der Waals surface area contributed by atoms with Crippen molar-refractivity contribution in [3.8, 4) is 0 Å². The Morgan fingerprint density at radius 1 is 1.08 bits per heavy atom. The molecule has 0 aliphatic carbocycles. The van der Waals surface area contributed by atoms with Gasteiger partial charge in [-0.2, -0.15) is 0 Å². The molecular weight excluding hydrogens is 332 g/mol. The number of nitrogens with one attached hydrogen (secondary N) is 2. The second-order valence-electron chi connectivity index (χ2n) is 6.09. The van der Waals surface area contributed by atoms with Crippen LogP contribution in [-0.2, 0) is 11.2 Å². The van der Waals surface area contributed by atoms with Crippen molar-refractivity contribution in [2.45, 2.75) is 27.2 Å². The minimum Gasteiger partial charge on any atom is -0.326 e. The number of anilines is 3. The van der Waals surface area contributed by atoms with Gasteiger partial charge in [-0.05, 0) is 61.7 Å². The molecule has 0 bridgehead atoms. The summed E-state index contributed by atoms with van der Waals surface area (Å²) in [5.74, 6) is 0.677. The number of hydrogen-bond donors (Lipinski definition) is 2. The number of rotatable bonds is 5. The highest BCUT2D eigenvalue weighted by molar-refractivity contribution is 7.13. The summed E-state index contributed by atoms with van der Waals surface area (Å²) in [5, 5.41) is 8.72. The van der Waals surface area contributed by atoms with Crippen LogP contribution >= 0.6 is 11.3 Å². The third-order valence-corrected chi connectivity index (χ3v) is 4.36. The molecule has 0 spiro atoms. The van der Waals surface area contributed by atoms with Crippen LogP contribution < -0.4 is 10.6 Å². The molecule has 0 aliphatic heterocycles. The molecule has 3 aromatic rings. The van der Waals surface area contributed by atoms with Gasteiger partial charge in [-0.1, -0.05) is 6.07 Å². The molecule has 1 aromatic carbocycles. The number of thiazole rings is 1. The van der Waals surface area contributed by atoms with Gasteiger partial charge in [0.25, 0.3) is 0 Å². The lowest BCUT2D eigenvalue weighted by Gasteiger charge is -2.06. The molecule has 0 unspecified atom stereocenters. The molecule has 1 amide bonds. The summed E-state index contributed by atoms with van der Waals surface area (Å²) in [7, 11) is 0. The Kier molecular flexibility index (Phi) is 5.09. The third kappa shape index (κ3) is 4.87. The van der Waals surface area contributed by atoms with E-state index in [2.05, 4.69) is 26.7 Å². The van der Waals surface area contributed by atoms with Gasteiger partial charge < -0.3 is 10.6 Å². The highest BCUT2D eigenvalue weighted by atomic mass is 32.1. The predicted molar refractivity (Wildman–Crippen MR) is 103 cm³/mol. The zero-order valence-corrected chi connectivity index (χ0v) is 15.3. The van der Waals surface area contributed by atoms with Crippen LogP contribution in [-0.4, -0.2) is 15.9 Å². The first-order chi connectivity index (χ1) is 12.0. The van der Waals surface area contributed by atoms with Gasteiger partial charge >= 0.3 is 0 Å². The van der Waals surface area contributed by atoms with Crippen LogP contribution in [0.3, 0.4) is 0 Å². The second kappa shape index (κ2) is 7.44. The molecule has 25 heavy (non-hydrogen) atoms. The minimum absolute atomic E-state index is 0.0736. The van der Waals surface area contributed by atoms with Crippen LogP contribution in [0.15, 0.2) is 41.9 Å². The summed E-state index contributed by atoms with van der Waals surface area (Å²) in [6.07, 6.45) is 2.00. The standard InChI is InChI=1S/C19H20N4OS/c1-12-4-5-20-17(9-12)23-19-22-16(11-25-19)10-18(24)21-15-7-13(2)6-14(3)8-15/h4-9,11H,10H2,1-3H3,(H,21,24)(H,20,22,23). The van der Waals surface area contributed by atoms with Gasteiger partial charge in [-0.15, -0.1) is 11.3 Å². The Hall–Kier alpha value is -2.73. The fraction of sp³-hybridized carbons (Fsp3) is 0.211. The smallest absolute Gasteiger partial charge is 0.230 e. The molecule has 5 nitrogen and oxygen atoms in total. The number of aryl methyl sites for hydroxylation is 3. The average molecular weight is 352 g/mol. The van der Waals surface area contributed by atoms with Crippen molar-refractivity contribution in [3.05, 3.63) is 64.3 Å². The molecule has 0 fully saturated rings. The fourth-order valence-electron chi connectivity index (χ4n) is 2.58. The fourth-order valence-corrected chi connectivity index (χ4v) is 3.29. The van der Waals surface area contributed by atoms with Crippen molar-refractivity contribution < 1.29 is 4.79 Å². The molecule has 2 N–H and O–H groups in total. The second-order valence-corrected chi connectivity index (χ2v) is 6.95. The van der Waals surface area contributed by atoms with E-state index in [4.69, 9.17) is 0 Å². The van der Waals surface area contributed by atoms with Crippen LogP contribution in [0.1, 0.15) is 22.4 Å². The Morgan fingerprint density at radius 2 is 1.84 bits per heavy atom. The first kappa shape index (κ1) is 17.1. The van der Waals surface area contributed by atoms with Gasteiger partial charge in [0.1, 0.15) is 5.82 Å². The van der Waals surface area contributed by atoms with Gasteiger partial charge in [-0.25, -0.2) is 9.97 Å². The first-order valence-electron chi connectivity index (χ1n) is 8.00. The highest BCUT2D eigenvalue weighted by Gasteiger charge is 2.09. The van der Waals surface area contributed by atoms with E-state index in [1.807, 2.05) is 50.4 Å². The van der Waals surface area contributed by atoms with E-state index >= 15 is 0 Å². The maximum Gasteiger partial charge on any atom is 0.230 e. The average Bonchev–Trinajstić information content (AvgIpc) is 2.92. The highest BCUT2D eigenvalue weighted by Crippen LogP contribution is 2.21. The molecule has 6 heteroatoms. The van der Waals surface area contributed by atoms with E-state index in [1.54, 1.807) is 6.20 Å². The molecule has 3 rings (SSSR count). The van der Waals surface area contributed by atoms with Gasteiger partial charge in [0, 0.05) is 17.3 Å². The predicted octanol–water partition coefficient (Wildman–Crippen LogP) is 4.39. The van der Waals surface area contributed by atoms with E-state index in [0.29, 0.717) is 0 Å². The molecule has 0 aliphatic rings. The van der Waals surface area contributed by atoms with E-state index < -0.39 is 0 Å². The Balaban J connectivity index is 1.61. The van der Waals surface area contributed by atoms with Crippen molar-refractivity contribution >= 4 is 33.9 Å². The maximum absolute atomic E-state index is 12.2. The molecule has 0 saturated heterocycles. The van der Waals surface area contributed by atoms with Crippen LogP contribution in [0.2, 0.25) is 0 Å². The summed E-state index contributed by atoms with van der Waals surface area (Å²) < 4.78 is 0. The molecule has 0 atom stereocenters. The summed E-state index contributed by atoms with van der Waals surface area (Å²) >= 11 is 1.46. The van der Waals surface area contributed by atoms with E-state index in [1.165, 1.54) is 11.3 Å². The molecule has 0 saturated carbocycles. The number of carbonyl (C=O) groups is 1. The van der Waals surface area contributed by atoms with Gasteiger partial charge in [0.05, 0.1) is 12.1 Å². The summed E-state index contributed by atoms with van der Waals surface area (Å²) in [5.41, 5.74) is 4.94. The van der Waals surface area contributed by atoms with E-state index in [9.17, 15) is 4.79 Å². The number of amides is 1. The summed E-state index contributed by atoms with van der Waals surface area (Å²) in [4.78, 5) is 20.9. The van der Waals surface area contributed by atoms with Crippen molar-refractivity contribution in [2.75, 3.05) is 10.6 Å². The normalized spacial score (nSPS) is 10.5. The van der Waals surface area contributed by atoms with Crippen LogP contribution in [0, 0.1) is 20.8 Å². The summed E-state index contributed by atoms with van der Waals surface area (Å²) in [6, 6.07) is 9.89. The molecule has 128 valence electrons. The van der Waals surface area contributed by atoms with Crippen LogP contribution in [0.4, 0.5) is 16.6 Å². The maximum atomic E-state index is 12.2. The Bertz CT molecular complexity index is 884.